The Hall–Kier alpha value is -4.00. The predicted molar refractivity (Wildman–Crippen MR) is 173 cm³/mol. The van der Waals surface area contributed by atoms with E-state index in [0.717, 1.165) is 53.6 Å². The Labute approximate surface area is 263 Å². The first-order valence-electron chi connectivity index (χ1n) is 15.4. The van der Waals surface area contributed by atoms with E-state index in [0.29, 0.717) is 54.5 Å². The molecule has 2 aliphatic heterocycles. The van der Waals surface area contributed by atoms with Crippen LogP contribution >= 0.6 is 11.3 Å². The molecule has 44 heavy (non-hydrogen) atoms. The Kier molecular flexibility index (Phi) is 9.82. The first-order valence-corrected chi connectivity index (χ1v) is 16.2. The molecule has 0 saturated carbocycles. The number of carbonyl (C=O) groups is 3. The molecule has 8 nitrogen and oxygen atoms in total. The van der Waals surface area contributed by atoms with Gasteiger partial charge in [-0.15, -0.1) is 11.3 Å². The van der Waals surface area contributed by atoms with Gasteiger partial charge < -0.3 is 19.9 Å². The molecule has 5 rings (SSSR count). The molecule has 1 saturated heterocycles. The van der Waals surface area contributed by atoms with Gasteiger partial charge in [-0.3, -0.25) is 9.59 Å². The summed E-state index contributed by atoms with van der Waals surface area (Å²) in [5.74, 6) is -0.0501. The average Bonchev–Trinajstić information content (AvgIpc) is 3.35. The molecule has 1 N–H and O–H groups in total. The quantitative estimate of drug-likeness (QED) is 0.225. The van der Waals surface area contributed by atoms with Crippen LogP contribution < -0.4 is 5.32 Å². The number of anilines is 1. The van der Waals surface area contributed by atoms with Gasteiger partial charge in [0.15, 0.2) is 0 Å². The lowest BCUT2D eigenvalue weighted by atomic mass is 9.87. The number of rotatable bonds is 9. The summed E-state index contributed by atoms with van der Waals surface area (Å²) < 4.78 is 5.65. The molecule has 0 radical (unpaired) electrons. The minimum absolute atomic E-state index is 0.103. The number of ether oxygens (including phenoxy) is 1. The van der Waals surface area contributed by atoms with Crippen molar-refractivity contribution in [3.63, 3.8) is 0 Å². The third kappa shape index (κ3) is 7.37. The number of likely N-dealkylation sites (tertiary alicyclic amines) is 1. The number of hydrogen-bond acceptors (Lipinski definition) is 7. The number of allylic oxidation sites excluding steroid dienone is 1. The molecule has 0 aliphatic carbocycles. The Bertz CT molecular complexity index is 1610. The van der Waals surface area contributed by atoms with Crippen molar-refractivity contribution in [2.45, 2.75) is 65.0 Å². The van der Waals surface area contributed by atoms with Crippen LogP contribution in [0.5, 0.6) is 0 Å². The van der Waals surface area contributed by atoms with Gasteiger partial charge in [-0.1, -0.05) is 42.5 Å². The number of nitrogens with zero attached hydrogens (tertiary/aromatic N) is 3. The van der Waals surface area contributed by atoms with E-state index in [1.54, 1.807) is 19.1 Å². The van der Waals surface area contributed by atoms with E-state index in [2.05, 4.69) is 16.3 Å². The largest absolute Gasteiger partial charge is 0.457 e. The van der Waals surface area contributed by atoms with Gasteiger partial charge in [-0.25, -0.2) is 4.79 Å². The first-order chi connectivity index (χ1) is 21.2. The van der Waals surface area contributed by atoms with Gasteiger partial charge >= 0.3 is 5.97 Å². The second-order valence-electron chi connectivity index (χ2n) is 12.3. The summed E-state index contributed by atoms with van der Waals surface area (Å²) >= 11 is 1.40. The van der Waals surface area contributed by atoms with Crippen LogP contribution in [0, 0.1) is 17.2 Å². The van der Waals surface area contributed by atoms with Crippen molar-refractivity contribution >= 4 is 44.9 Å². The Morgan fingerprint density at radius 3 is 2.75 bits per heavy atom. The molecule has 0 bridgehead atoms. The van der Waals surface area contributed by atoms with E-state index >= 15 is 0 Å². The van der Waals surface area contributed by atoms with Crippen LogP contribution in [-0.2, 0) is 27.3 Å². The second-order valence-corrected chi connectivity index (χ2v) is 13.4. The number of thiophene rings is 1. The summed E-state index contributed by atoms with van der Waals surface area (Å²) in [7, 11) is 0. The number of benzene rings is 2. The summed E-state index contributed by atoms with van der Waals surface area (Å²) in [4.78, 5) is 43.7. The van der Waals surface area contributed by atoms with Crippen molar-refractivity contribution in [3.8, 4) is 6.07 Å². The van der Waals surface area contributed by atoms with Gasteiger partial charge in [0.2, 0.25) is 5.91 Å². The molecule has 9 heteroatoms. The molecule has 2 aromatic carbocycles. The number of nitriles is 1. The zero-order valence-electron chi connectivity index (χ0n) is 25.7. The van der Waals surface area contributed by atoms with E-state index in [1.807, 2.05) is 55.1 Å². The highest BCUT2D eigenvalue weighted by Gasteiger charge is 2.31. The van der Waals surface area contributed by atoms with Gasteiger partial charge in [0.25, 0.3) is 5.91 Å². The van der Waals surface area contributed by atoms with Gasteiger partial charge in [0, 0.05) is 42.6 Å². The van der Waals surface area contributed by atoms with Gasteiger partial charge in [0.05, 0.1) is 12.1 Å². The first kappa shape index (κ1) is 31.4. The lowest BCUT2D eigenvalue weighted by Crippen LogP contribution is -2.42. The molecule has 3 aromatic rings. The Morgan fingerprint density at radius 2 is 1.95 bits per heavy atom. The third-order valence-electron chi connectivity index (χ3n) is 8.49. The van der Waals surface area contributed by atoms with E-state index in [-0.39, 0.29) is 17.8 Å². The lowest BCUT2D eigenvalue weighted by molar-refractivity contribution is -0.152. The van der Waals surface area contributed by atoms with Crippen molar-refractivity contribution in [2.75, 3.05) is 31.5 Å². The molecule has 1 fully saturated rings. The van der Waals surface area contributed by atoms with Crippen molar-refractivity contribution < 1.29 is 19.1 Å². The number of nitrogens with one attached hydrogen (secondary N) is 1. The molecule has 2 amide bonds. The van der Waals surface area contributed by atoms with Crippen LogP contribution in [0.3, 0.4) is 0 Å². The lowest BCUT2D eigenvalue weighted by Gasteiger charge is -2.37. The monoisotopic (exact) mass is 612 g/mol. The molecule has 1 aromatic heterocycles. The number of hydrogen-bond donors (Lipinski definition) is 1. The highest BCUT2D eigenvalue weighted by Crippen LogP contribution is 2.37. The smallest absolute Gasteiger partial charge is 0.330 e. The van der Waals surface area contributed by atoms with Crippen LogP contribution in [0.2, 0.25) is 0 Å². The number of esters is 1. The van der Waals surface area contributed by atoms with Crippen molar-refractivity contribution in [3.05, 3.63) is 76.2 Å². The van der Waals surface area contributed by atoms with Crippen molar-refractivity contribution in [1.29, 1.82) is 5.26 Å². The van der Waals surface area contributed by atoms with E-state index in [1.165, 1.54) is 17.4 Å². The molecule has 3 heterocycles. The summed E-state index contributed by atoms with van der Waals surface area (Å²) in [6.07, 6.45) is 7.10. The van der Waals surface area contributed by atoms with Gasteiger partial charge in [0.1, 0.15) is 16.7 Å². The van der Waals surface area contributed by atoms with Crippen LogP contribution in [0.4, 0.5) is 5.00 Å². The van der Waals surface area contributed by atoms with Crippen LogP contribution in [-0.4, -0.2) is 59.4 Å². The van der Waals surface area contributed by atoms with E-state index in [9.17, 15) is 19.6 Å². The summed E-state index contributed by atoms with van der Waals surface area (Å²) in [5, 5.41) is 15.4. The highest BCUT2D eigenvalue weighted by atomic mass is 32.1. The zero-order chi connectivity index (χ0) is 31.3. The van der Waals surface area contributed by atoms with E-state index in [4.69, 9.17) is 4.74 Å². The zero-order valence-corrected chi connectivity index (χ0v) is 26.5. The van der Waals surface area contributed by atoms with Crippen molar-refractivity contribution in [2.24, 2.45) is 5.92 Å². The minimum Gasteiger partial charge on any atom is -0.457 e. The van der Waals surface area contributed by atoms with Crippen molar-refractivity contribution in [1.82, 2.24) is 9.80 Å². The minimum atomic E-state index is -0.540. The fourth-order valence-corrected chi connectivity index (χ4v) is 7.74. The Balaban J connectivity index is 1.17. The maximum atomic E-state index is 13.3. The maximum absolute atomic E-state index is 13.3. The number of piperidine rings is 1. The van der Waals surface area contributed by atoms with Gasteiger partial charge in [-0.05, 0) is 81.3 Å². The average molecular weight is 613 g/mol. The topological polar surface area (TPSA) is 103 Å². The normalized spacial score (nSPS) is 17.3. The maximum Gasteiger partial charge on any atom is 0.330 e. The molecule has 2 aliphatic rings. The third-order valence-corrected chi connectivity index (χ3v) is 9.62. The van der Waals surface area contributed by atoms with Crippen LogP contribution in [0.1, 0.15) is 72.8 Å². The molecular formula is C35H40N4O4S. The van der Waals surface area contributed by atoms with Gasteiger partial charge in [-0.2, -0.15) is 5.26 Å². The summed E-state index contributed by atoms with van der Waals surface area (Å²) in [6, 6.07) is 15.7. The summed E-state index contributed by atoms with van der Waals surface area (Å²) in [5.41, 5.74) is 1.46. The molecule has 0 spiro atoms. The fourth-order valence-electron chi connectivity index (χ4n) is 6.53. The standard InChI is InChI=1S/C35H40N4O4S/c1-4-9-32(41)43-35(2,3)20-24-10-8-17-38(22-24)18-16-31(40)39-19-15-27-29(21-36)34(44-30(27)23-39)37-33(42)28-14-7-12-25-11-5-6-13-26(25)28/h4-7,9,11-14,24H,8,10,15-20,22-23H2,1-3H3,(H,37,42)/b9-4+. The summed E-state index contributed by atoms with van der Waals surface area (Å²) in [6.45, 7) is 9.27. The molecule has 230 valence electrons. The van der Waals surface area contributed by atoms with E-state index < -0.39 is 5.60 Å². The SMILES string of the molecule is C/C=C/C(=O)OC(C)(C)CC1CCCN(CCC(=O)N2CCc3c(sc(NC(=O)c4cccc5ccccc45)c3C#N)C2)C1. The highest BCUT2D eigenvalue weighted by molar-refractivity contribution is 7.16. The van der Waals surface area contributed by atoms with Crippen LogP contribution in [0.15, 0.2) is 54.6 Å². The second kappa shape index (κ2) is 13.7. The fraction of sp³-hybridized carbons (Fsp3) is 0.429. The number of fused-ring (bicyclic) bond motifs is 2. The predicted octanol–water partition coefficient (Wildman–Crippen LogP) is 6.30. The number of carbonyl (C=O) groups excluding carboxylic acids is 3. The Morgan fingerprint density at radius 1 is 1.16 bits per heavy atom. The number of amides is 2. The van der Waals surface area contributed by atoms with Crippen LogP contribution in [0.25, 0.3) is 10.8 Å². The molecule has 1 unspecified atom stereocenters. The molecule has 1 atom stereocenters. The molecular weight excluding hydrogens is 572 g/mol.